The predicted octanol–water partition coefficient (Wildman–Crippen LogP) is 3.57. The lowest BCUT2D eigenvalue weighted by atomic mass is 9.71. The number of hydrogen-bond donors (Lipinski definition) is 2. The maximum absolute atomic E-state index is 16.2. The number of aromatic nitrogens is 2. The lowest BCUT2D eigenvalue weighted by Crippen LogP contribution is -2.49. The van der Waals surface area contributed by atoms with E-state index in [1.165, 1.54) is 18.3 Å². The summed E-state index contributed by atoms with van der Waals surface area (Å²) in [7, 11) is 0. The fourth-order valence-corrected chi connectivity index (χ4v) is 6.16. The van der Waals surface area contributed by atoms with Gasteiger partial charge in [-0.25, -0.2) is 14.2 Å². The summed E-state index contributed by atoms with van der Waals surface area (Å²) in [6.07, 6.45) is 3.37. The number of carbonyl (C=O) groups is 2. The summed E-state index contributed by atoms with van der Waals surface area (Å²) in [6.45, 7) is 8.59. The monoisotopic (exact) mass is 492 g/mol. The molecular weight excluding hydrogens is 463 g/mol. The molecule has 3 aliphatic rings. The number of carbonyl (C=O) groups excluding carboxylic acids is 1. The van der Waals surface area contributed by atoms with Crippen molar-refractivity contribution in [2.75, 3.05) is 44.3 Å². The molecule has 9 heteroatoms. The molecule has 188 valence electrons. The standard InChI is InChI=1S/C27H29FN4O4/c1-27(2)21-18(23(33)20-17-4-3-15(26(34)35)13-19(17)30-24(20)27)14-29-25(22(21)28)32-7-5-16(6-8-32)31-9-11-36-12-10-31/h3-4,13-14,16,30H,5-12H2,1-2H3,(H,34,35). The Bertz CT molecular complexity index is 1380. The van der Waals surface area contributed by atoms with Gasteiger partial charge in [-0.05, 0) is 25.0 Å². The number of nitrogens with zero attached hydrogens (tertiary/aromatic N) is 3. The van der Waals surface area contributed by atoms with Gasteiger partial charge in [0.15, 0.2) is 17.4 Å². The van der Waals surface area contributed by atoms with Gasteiger partial charge in [0.1, 0.15) is 0 Å². The third kappa shape index (κ3) is 3.44. The Labute approximate surface area is 208 Å². The molecule has 0 spiro atoms. The molecule has 0 radical (unpaired) electrons. The number of carboxylic acids is 1. The summed E-state index contributed by atoms with van der Waals surface area (Å²) in [4.78, 5) is 37.2. The Balaban J connectivity index is 1.35. The second kappa shape index (κ2) is 8.38. The number of carboxylic acid groups (broad SMARTS) is 1. The quantitative estimate of drug-likeness (QED) is 0.577. The van der Waals surface area contributed by atoms with Crippen molar-refractivity contribution >= 4 is 28.5 Å². The van der Waals surface area contributed by atoms with Crippen molar-refractivity contribution in [1.29, 1.82) is 0 Å². The molecule has 6 rings (SSSR count). The Kier molecular flexibility index (Phi) is 5.38. The van der Waals surface area contributed by atoms with Crippen LogP contribution in [0.2, 0.25) is 0 Å². The minimum atomic E-state index is -1.05. The van der Waals surface area contributed by atoms with Crippen molar-refractivity contribution in [3.8, 4) is 0 Å². The fraction of sp³-hybridized carbons (Fsp3) is 0.444. The third-order valence-electron chi connectivity index (χ3n) is 8.09. The molecule has 2 aliphatic heterocycles. The molecule has 2 saturated heterocycles. The van der Waals surface area contributed by atoms with Crippen molar-refractivity contribution < 1.29 is 23.8 Å². The van der Waals surface area contributed by atoms with Crippen LogP contribution in [-0.2, 0) is 10.2 Å². The van der Waals surface area contributed by atoms with Crippen LogP contribution in [0.5, 0.6) is 0 Å². The molecular formula is C27H29FN4O4. The number of H-pyrrole nitrogens is 1. The Morgan fingerprint density at radius 2 is 1.92 bits per heavy atom. The average molecular weight is 493 g/mol. The number of hydrogen-bond acceptors (Lipinski definition) is 6. The number of piperidine rings is 1. The third-order valence-corrected chi connectivity index (χ3v) is 8.09. The van der Waals surface area contributed by atoms with E-state index in [0.29, 0.717) is 52.7 Å². The number of aromatic carboxylic acids is 1. The smallest absolute Gasteiger partial charge is 0.335 e. The number of ether oxygens (including phenoxy) is 1. The van der Waals surface area contributed by atoms with Crippen LogP contribution in [0.4, 0.5) is 10.2 Å². The minimum Gasteiger partial charge on any atom is -0.478 e. The summed E-state index contributed by atoms with van der Waals surface area (Å²) in [5.74, 6) is -1.50. The SMILES string of the molecule is CC1(C)c2[nH]c3cc(C(=O)O)ccc3c2C(=O)c2cnc(N3CCC(N4CCOCC4)CC3)c(F)c21. The van der Waals surface area contributed by atoms with Crippen molar-refractivity contribution in [3.63, 3.8) is 0 Å². The molecule has 0 amide bonds. The minimum absolute atomic E-state index is 0.125. The lowest BCUT2D eigenvalue weighted by Gasteiger charge is -2.41. The highest BCUT2D eigenvalue weighted by Gasteiger charge is 2.43. The van der Waals surface area contributed by atoms with E-state index in [1.54, 1.807) is 6.07 Å². The van der Waals surface area contributed by atoms with E-state index in [2.05, 4.69) is 14.9 Å². The largest absolute Gasteiger partial charge is 0.478 e. The summed E-state index contributed by atoms with van der Waals surface area (Å²) in [5, 5.41) is 10.0. The molecule has 2 fully saturated rings. The number of pyridine rings is 1. The second-order valence-electron chi connectivity index (χ2n) is 10.4. The maximum atomic E-state index is 16.2. The molecule has 36 heavy (non-hydrogen) atoms. The van der Waals surface area contributed by atoms with E-state index >= 15 is 4.39 Å². The van der Waals surface area contributed by atoms with E-state index in [9.17, 15) is 14.7 Å². The molecule has 2 N–H and O–H groups in total. The highest BCUT2D eigenvalue weighted by molar-refractivity contribution is 6.20. The molecule has 8 nitrogen and oxygen atoms in total. The first kappa shape index (κ1) is 23.1. The van der Waals surface area contributed by atoms with Gasteiger partial charge in [-0.1, -0.05) is 19.9 Å². The van der Waals surface area contributed by atoms with Gasteiger partial charge in [0.25, 0.3) is 0 Å². The summed E-state index contributed by atoms with van der Waals surface area (Å²) >= 11 is 0. The molecule has 3 aromatic rings. The Morgan fingerprint density at radius 3 is 2.61 bits per heavy atom. The topological polar surface area (TPSA) is 98.8 Å². The number of fused-ring (bicyclic) bond motifs is 4. The summed E-state index contributed by atoms with van der Waals surface area (Å²) in [5.41, 5.74) is 1.49. The number of ketones is 1. The van der Waals surface area contributed by atoms with E-state index in [0.717, 1.165) is 39.1 Å². The predicted molar refractivity (Wildman–Crippen MR) is 133 cm³/mol. The lowest BCUT2D eigenvalue weighted by molar-refractivity contribution is 0.0114. The average Bonchev–Trinajstić information content (AvgIpc) is 3.28. The number of morpholine rings is 1. The van der Waals surface area contributed by atoms with Crippen LogP contribution in [-0.4, -0.2) is 77.2 Å². The molecule has 2 aromatic heterocycles. The first-order valence-electron chi connectivity index (χ1n) is 12.5. The zero-order chi connectivity index (χ0) is 25.2. The first-order valence-corrected chi connectivity index (χ1v) is 12.5. The van der Waals surface area contributed by atoms with E-state index in [-0.39, 0.29) is 16.9 Å². The molecule has 1 aliphatic carbocycles. The van der Waals surface area contributed by atoms with Crippen LogP contribution in [0.15, 0.2) is 24.4 Å². The summed E-state index contributed by atoms with van der Waals surface area (Å²) in [6, 6.07) is 5.11. The zero-order valence-electron chi connectivity index (χ0n) is 20.4. The molecule has 4 heterocycles. The number of nitrogens with one attached hydrogen (secondary N) is 1. The van der Waals surface area contributed by atoms with Crippen LogP contribution < -0.4 is 4.90 Å². The van der Waals surface area contributed by atoms with E-state index in [1.807, 2.05) is 18.7 Å². The van der Waals surface area contributed by atoms with Gasteiger partial charge in [0.2, 0.25) is 0 Å². The Hall–Kier alpha value is -3.30. The van der Waals surface area contributed by atoms with E-state index in [4.69, 9.17) is 4.74 Å². The van der Waals surface area contributed by atoms with Crippen LogP contribution in [0.3, 0.4) is 0 Å². The normalized spacial score (nSPS) is 20.4. The highest BCUT2D eigenvalue weighted by Crippen LogP contribution is 2.46. The van der Waals surface area contributed by atoms with Gasteiger partial charge in [-0.3, -0.25) is 9.69 Å². The molecule has 0 atom stereocenters. The number of benzene rings is 1. The van der Waals surface area contributed by atoms with Crippen LogP contribution in [0.1, 0.15) is 64.2 Å². The fourth-order valence-electron chi connectivity index (χ4n) is 6.16. The van der Waals surface area contributed by atoms with E-state index < -0.39 is 17.2 Å². The van der Waals surface area contributed by atoms with Gasteiger partial charge < -0.3 is 19.7 Å². The van der Waals surface area contributed by atoms with Crippen LogP contribution in [0, 0.1) is 5.82 Å². The van der Waals surface area contributed by atoms with Gasteiger partial charge in [-0.15, -0.1) is 0 Å². The molecule has 1 aromatic carbocycles. The maximum Gasteiger partial charge on any atom is 0.335 e. The van der Waals surface area contributed by atoms with Crippen molar-refractivity contribution in [2.24, 2.45) is 0 Å². The van der Waals surface area contributed by atoms with Crippen molar-refractivity contribution in [1.82, 2.24) is 14.9 Å². The molecule has 0 unspecified atom stereocenters. The van der Waals surface area contributed by atoms with Crippen LogP contribution in [0.25, 0.3) is 10.9 Å². The van der Waals surface area contributed by atoms with Crippen molar-refractivity contribution in [3.05, 3.63) is 58.2 Å². The van der Waals surface area contributed by atoms with Gasteiger partial charge >= 0.3 is 5.97 Å². The first-order chi connectivity index (χ1) is 17.3. The Morgan fingerprint density at radius 1 is 1.19 bits per heavy atom. The number of halogens is 1. The van der Waals surface area contributed by atoms with Gasteiger partial charge in [0, 0.05) is 71.6 Å². The van der Waals surface area contributed by atoms with Gasteiger partial charge in [-0.2, -0.15) is 0 Å². The van der Waals surface area contributed by atoms with Crippen LogP contribution >= 0.6 is 0 Å². The number of rotatable bonds is 3. The zero-order valence-corrected chi connectivity index (χ0v) is 20.4. The number of aromatic amines is 1. The molecule has 0 bridgehead atoms. The molecule has 0 saturated carbocycles. The van der Waals surface area contributed by atoms with Gasteiger partial charge in [0.05, 0.1) is 24.3 Å². The second-order valence-corrected chi connectivity index (χ2v) is 10.4. The number of anilines is 1. The van der Waals surface area contributed by atoms with Crippen molar-refractivity contribution in [2.45, 2.75) is 38.1 Å². The highest BCUT2D eigenvalue weighted by atomic mass is 19.1. The summed E-state index contributed by atoms with van der Waals surface area (Å²) < 4.78 is 21.7.